The first-order valence-electron chi connectivity index (χ1n) is 6.41. The summed E-state index contributed by atoms with van der Waals surface area (Å²) in [5.41, 5.74) is -0.436. The summed E-state index contributed by atoms with van der Waals surface area (Å²) in [4.78, 5) is 22.2. The predicted octanol–water partition coefficient (Wildman–Crippen LogP) is 1.46. The molecule has 1 fully saturated rings. The van der Waals surface area contributed by atoms with E-state index >= 15 is 0 Å². The van der Waals surface area contributed by atoms with E-state index in [-0.39, 0.29) is 17.0 Å². The molecule has 7 nitrogen and oxygen atoms in total. The van der Waals surface area contributed by atoms with Crippen LogP contribution >= 0.6 is 0 Å². The van der Waals surface area contributed by atoms with Gasteiger partial charge in [-0.3, -0.25) is 14.9 Å². The molecule has 1 amide bonds. The number of hydrogen-bond donors (Lipinski definition) is 2. The number of nitrogens with one attached hydrogen (secondary N) is 1. The number of nitrogens with zero attached hydrogens (tertiary/aromatic N) is 1. The van der Waals surface area contributed by atoms with Gasteiger partial charge in [-0.2, -0.15) is 0 Å². The van der Waals surface area contributed by atoms with E-state index in [2.05, 4.69) is 5.32 Å². The number of hydrogen-bond acceptors (Lipinski definition) is 5. The van der Waals surface area contributed by atoms with E-state index < -0.39 is 10.8 Å². The van der Waals surface area contributed by atoms with Crippen molar-refractivity contribution in [3.63, 3.8) is 0 Å². The van der Waals surface area contributed by atoms with Crippen molar-refractivity contribution in [2.45, 2.75) is 12.8 Å². The van der Waals surface area contributed by atoms with Gasteiger partial charge in [0.15, 0.2) is 0 Å². The summed E-state index contributed by atoms with van der Waals surface area (Å²) >= 11 is 0. The summed E-state index contributed by atoms with van der Waals surface area (Å²) < 4.78 is 5.22. The molecule has 0 aliphatic carbocycles. The van der Waals surface area contributed by atoms with Gasteiger partial charge in [-0.15, -0.1) is 0 Å². The molecule has 0 radical (unpaired) electrons. The van der Waals surface area contributed by atoms with E-state index in [0.717, 1.165) is 25.0 Å². The predicted molar refractivity (Wildman–Crippen MR) is 70.6 cm³/mol. The van der Waals surface area contributed by atoms with Crippen molar-refractivity contribution in [2.75, 3.05) is 19.8 Å². The molecular weight excluding hydrogens is 264 g/mol. The fourth-order valence-corrected chi connectivity index (χ4v) is 2.15. The van der Waals surface area contributed by atoms with Gasteiger partial charge in [-0.25, -0.2) is 0 Å². The highest BCUT2D eigenvalue weighted by atomic mass is 16.6. The molecule has 1 aromatic rings. The van der Waals surface area contributed by atoms with Crippen LogP contribution in [0, 0.1) is 16.0 Å². The Kier molecular flexibility index (Phi) is 4.52. The number of benzene rings is 1. The van der Waals surface area contributed by atoms with Crippen LogP contribution in [0.4, 0.5) is 5.69 Å². The number of ether oxygens (including phenoxy) is 1. The van der Waals surface area contributed by atoms with Crippen LogP contribution in [0.3, 0.4) is 0 Å². The van der Waals surface area contributed by atoms with E-state index in [4.69, 9.17) is 4.74 Å². The van der Waals surface area contributed by atoms with E-state index in [1.165, 1.54) is 6.07 Å². The van der Waals surface area contributed by atoms with E-state index in [0.29, 0.717) is 25.7 Å². The molecule has 1 saturated heterocycles. The number of phenols is 1. The van der Waals surface area contributed by atoms with Gasteiger partial charge in [-0.05, 0) is 30.9 Å². The van der Waals surface area contributed by atoms with E-state index in [9.17, 15) is 20.0 Å². The fraction of sp³-hybridized carbons (Fsp3) is 0.462. The van der Waals surface area contributed by atoms with Gasteiger partial charge in [0.2, 0.25) is 0 Å². The van der Waals surface area contributed by atoms with Crippen molar-refractivity contribution < 1.29 is 19.6 Å². The minimum atomic E-state index is -0.636. The molecule has 0 aromatic heterocycles. The summed E-state index contributed by atoms with van der Waals surface area (Å²) in [5, 5.41) is 22.9. The molecule has 7 heteroatoms. The standard InChI is InChI=1S/C13H16N2O5/c16-10-1-2-12(15(18)19)11(7-10)13(17)14-8-9-3-5-20-6-4-9/h1-2,7,9,16H,3-6,8H2,(H,14,17). The lowest BCUT2D eigenvalue weighted by molar-refractivity contribution is -0.385. The molecule has 0 saturated carbocycles. The highest BCUT2D eigenvalue weighted by Gasteiger charge is 2.22. The van der Waals surface area contributed by atoms with Crippen molar-refractivity contribution in [1.82, 2.24) is 5.32 Å². The van der Waals surface area contributed by atoms with Crippen LogP contribution in [0.25, 0.3) is 0 Å². The highest BCUT2D eigenvalue weighted by Crippen LogP contribution is 2.23. The third-order valence-electron chi connectivity index (χ3n) is 3.31. The maximum atomic E-state index is 12.0. The van der Waals surface area contributed by atoms with E-state index in [1.807, 2.05) is 0 Å². The molecule has 1 heterocycles. The quantitative estimate of drug-likeness (QED) is 0.642. The topological polar surface area (TPSA) is 102 Å². The maximum absolute atomic E-state index is 12.0. The number of aromatic hydroxyl groups is 1. The van der Waals surface area contributed by atoms with Crippen LogP contribution in [0.15, 0.2) is 18.2 Å². The zero-order chi connectivity index (χ0) is 14.5. The first-order valence-corrected chi connectivity index (χ1v) is 6.41. The van der Waals surface area contributed by atoms with Crippen molar-refractivity contribution in [3.8, 4) is 5.75 Å². The van der Waals surface area contributed by atoms with Gasteiger partial charge >= 0.3 is 0 Å². The van der Waals surface area contributed by atoms with Crippen LogP contribution in [0.5, 0.6) is 5.75 Å². The minimum absolute atomic E-state index is 0.123. The lowest BCUT2D eigenvalue weighted by Gasteiger charge is -2.22. The van der Waals surface area contributed by atoms with Gasteiger partial charge in [0.25, 0.3) is 11.6 Å². The lowest BCUT2D eigenvalue weighted by Crippen LogP contribution is -2.32. The van der Waals surface area contributed by atoms with Crippen LogP contribution in [-0.4, -0.2) is 35.7 Å². The Bertz CT molecular complexity index is 511. The number of carbonyl (C=O) groups excluding carboxylic acids is 1. The Morgan fingerprint density at radius 3 is 2.80 bits per heavy atom. The molecule has 1 aliphatic rings. The lowest BCUT2D eigenvalue weighted by atomic mass is 10.0. The monoisotopic (exact) mass is 280 g/mol. The van der Waals surface area contributed by atoms with Gasteiger partial charge in [-0.1, -0.05) is 0 Å². The Morgan fingerprint density at radius 1 is 1.45 bits per heavy atom. The largest absolute Gasteiger partial charge is 0.508 e. The Morgan fingerprint density at radius 2 is 2.15 bits per heavy atom. The number of nitro groups is 1. The van der Waals surface area contributed by atoms with Gasteiger partial charge in [0, 0.05) is 25.8 Å². The van der Waals surface area contributed by atoms with Crippen LogP contribution in [0.2, 0.25) is 0 Å². The number of phenolic OH excluding ortho intramolecular Hbond substituents is 1. The Labute approximate surface area is 115 Å². The summed E-state index contributed by atoms with van der Waals surface area (Å²) in [7, 11) is 0. The summed E-state index contributed by atoms with van der Waals surface area (Å²) in [5.74, 6) is -0.394. The van der Waals surface area contributed by atoms with Crippen molar-refractivity contribution in [3.05, 3.63) is 33.9 Å². The second-order valence-corrected chi connectivity index (χ2v) is 4.72. The van der Waals surface area contributed by atoms with Gasteiger partial charge in [0.1, 0.15) is 11.3 Å². The zero-order valence-corrected chi connectivity index (χ0v) is 10.9. The second kappa shape index (κ2) is 6.33. The number of rotatable bonds is 4. The normalized spacial score (nSPS) is 15.8. The minimum Gasteiger partial charge on any atom is -0.508 e. The molecule has 2 rings (SSSR count). The fourth-order valence-electron chi connectivity index (χ4n) is 2.15. The van der Waals surface area contributed by atoms with E-state index in [1.54, 1.807) is 0 Å². The van der Waals surface area contributed by atoms with Crippen molar-refractivity contribution in [2.24, 2.45) is 5.92 Å². The van der Waals surface area contributed by atoms with Crippen molar-refractivity contribution in [1.29, 1.82) is 0 Å². The summed E-state index contributed by atoms with van der Waals surface area (Å²) in [6, 6.07) is 3.42. The van der Waals surface area contributed by atoms with Crippen LogP contribution in [-0.2, 0) is 4.74 Å². The second-order valence-electron chi connectivity index (χ2n) is 4.72. The third kappa shape index (κ3) is 3.45. The number of amides is 1. The number of nitro benzene ring substituents is 1. The molecule has 2 N–H and O–H groups in total. The summed E-state index contributed by atoms with van der Waals surface area (Å²) in [6.45, 7) is 1.80. The van der Waals surface area contributed by atoms with Crippen molar-refractivity contribution >= 4 is 11.6 Å². The third-order valence-corrected chi connectivity index (χ3v) is 3.31. The molecule has 0 bridgehead atoms. The Balaban J connectivity index is 2.04. The van der Waals surface area contributed by atoms with Crippen LogP contribution in [0.1, 0.15) is 23.2 Å². The average Bonchev–Trinajstić information content (AvgIpc) is 2.45. The first kappa shape index (κ1) is 14.3. The maximum Gasteiger partial charge on any atom is 0.282 e. The molecule has 1 aliphatic heterocycles. The van der Waals surface area contributed by atoms with Gasteiger partial charge < -0.3 is 15.2 Å². The molecular formula is C13H16N2O5. The molecule has 108 valence electrons. The number of carbonyl (C=O) groups is 1. The highest BCUT2D eigenvalue weighted by molar-refractivity contribution is 5.98. The SMILES string of the molecule is O=C(NCC1CCOCC1)c1cc(O)ccc1[N+](=O)[O-]. The smallest absolute Gasteiger partial charge is 0.282 e. The first-order chi connectivity index (χ1) is 9.58. The summed E-state index contributed by atoms with van der Waals surface area (Å²) in [6.07, 6.45) is 1.73. The van der Waals surface area contributed by atoms with Crippen LogP contribution < -0.4 is 5.32 Å². The average molecular weight is 280 g/mol. The molecule has 1 aromatic carbocycles. The van der Waals surface area contributed by atoms with Gasteiger partial charge in [0.05, 0.1) is 4.92 Å². The molecule has 20 heavy (non-hydrogen) atoms. The zero-order valence-electron chi connectivity index (χ0n) is 10.9. The molecule has 0 spiro atoms. The molecule has 0 atom stereocenters. The Hall–Kier alpha value is -2.15. The molecule has 0 unspecified atom stereocenters.